The van der Waals surface area contributed by atoms with Gasteiger partial charge in [0.05, 0.1) is 20.3 Å². The molecule has 0 fully saturated rings. The number of aliphatic hydroxyl groups is 1. The Morgan fingerprint density at radius 1 is 0.944 bits per heavy atom. The Kier molecular flexibility index (Phi) is 5.14. The van der Waals surface area contributed by atoms with E-state index in [9.17, 15) is 5.11 Å². The van der Waals surface area contributed by atoms with Crippen molar-refractivity contribution in [1.29, 1.82) is 0 Å². The molecule has 0 amide bonds. The second-order valence-electron chi connectivity index (χ2n) is 5.21. The van der Waals surface area contributed by atoms with Gasteiger partial charge in [0.1, 0.15) is 6.04 Å². The zero-order chi connectivity index (χ0) is 13.9. The van der Waals surface area contributed by atoms with Crippen molar-refractivity contribution in [1.82, 2.24) is 0 Å². The van der Waals surface area contributed by atoms with Gasteiger partial charge in [-0.15, -0.1) is 0 Å². The van der Waals surface area contributed by atoms with Crippen molar-refractivity contribution in [2.75, 3.05) is 14.2 Å². The molecule has 104 valence electrons. The Bertz CT molecular complexity index is 337. The van der Waals surface area contributed by atoms with Crippen LogP contribution in [-0.4, -0.2) is 49.3 Å². The summed E-state index contributed by atoms with van der Waals surface area (Å²) in [7, 11) is 3.14. The molecule has 0 saturated heterocycles. The monoisotopic (exact) mass is 256 g/mol. The SMILES string of the molecule is COC1=NC(C(O)C(C)C)C(OC)=NC1C(C)C. The normalized spacial score (nSPS) is 25.8. The Morgan fingerprint density at radius 3 is 1.78 bits per heavy atom. The minimum absolute atomic E-state index is 0.0767. The van der Waals surface area contributed by atoms with Crippen molar-refractivity contribution in [2.24, 2.45) is 21.8 Å². The standard InChI is InChI=1S/C13H24N2O3/c1-7(2)9-12(17-5)15-10(11(16)8(3)4)13(14-9)18-6/h7-11,16H,1-6H3. The summed E-state index contributed by atoms with van der Waals surface area (Å²) in [6, 6.07) is -0.611. The fourth-order valence-electron chi connectivity index (χ4n) is 1.91. The van der Waals surface area contributed by atoms with E-state index >= 15 is 0 Å². The number of methoxy groups -OCH3 is 2. The molecular weight excluding hydrogens is 232 g/mol. The molecular formula is C13H24N2O3. The first-order valence-corrected chi connectivity index (χ1v) is 6.33. The van der Waals surface area contributed by atoms with E-state index in [0.717, 1.165) is 0 Å². The summed E-state index contributed by atoms with van der Waals surface area (Å²) >= 11 is 0. The molecule has 0 aromatic rings. The zero-order valence-corrected chi connectivity index (χ0v) is 12.0. The maximum absolute atomic E-state index is 10.2. The molecule has 1 heterocycles. The highest BCUT2D eigenvalue weighted by Gasteiger charge is 2.35. The van der Waals surface area contributed by atoms with Crippen molar-refractivity contribution in [3.8, 4) is 0 Å². The lowest BCUT2D eigenvalue weighted by atomic mass is 9.97. The van der Waals surface area contributed by atoms with Gasteiger partial charge in [-0.25, -0.2) is 9.98 Å². The summed E-state index contributed by atoms with van der Waals surface area (Å²) in [4.78, 5) is 8.98. The number of aliphatic imine (C=N–C) groups is 2. The van der Waals surface area contributed by atoms with E-state index in [0.29, 0.717) is 11.8 Å². The molecule has 18 heavy (non-hydrogen) atoms. The fourth-order valence-corrected chi connectivity index (χ4v) is 1.91. The molecule has 0 radical (unpaired) electrons. The molecule has 0 bridgehead atoms. The number of rotatable bonds is 3. The molecule has 1 N–H and O–H groups in total. The predicted molar refractivity (Wildman–Crippen MR) is 72.1 cm³/mol. The number of hydrogen-bond donors (Lipinski definition) is 1. The summed E-state index contributed by atoms with van der Waals surface area (Å²) < 4.78 is 10.6. The lowest BCUT2D eigenvalue weighted by molar-refractivity contribution is 0.108. The first-order chi connectivity index (χ1) is 8.42. The highest BCUT2D eigenvalue weighted by Crippen LogP contribution is 2.21. The second-order valence-corrected chi connectivity index (χ2v) is 5.21. The van der Waals surface area contributed by atoms with E-state index in [1.165, 1.54) is 0 Å². The van der Waals surface area contributed by atoms with Crippen LogP contribution in [0, 0.1) is 11.8 Å². The van der Waals surface area contributed by atoms with E-state index in [1.54, 1.807) is 14.2 Å². The van der Waals surface area contributed by atoms with Crippen LogP contribution in [0.1, 0.15) is 27.7 Å². The number of hydrogen-bond acceptors (Lipinski definition) is 5. The zero-order valence-electron chi connectivity index (χ0n) is 12.0. The maximum atomic E-state index is 10.2. The molecule has 1 rings (SSSR count). The Balaban J connectivity index is 3.06. The molecule has 5 heteroatoms. The smallest absolute Gasteiger partial charge is 0.212 e. The lowest BCUT2D eigenvalue weighted by Gasteiger charge is -2.30. The molecule has 0 aromatic carbocycles. The predicted octanol–water partition coefficient (Wildman–Crippen LogP) is 1.50. The van der Waals surface area contributed by atoms with Gasteiger partial charge in [0.15, 0.2) is 6.04 Å². The van der Waals surface area contributed by atoms with Gasteiger partial charge >= 0.3 is 0 Å². The fraction of sp³-hybridized carbons (Fsp3) is 0.846. The van der Waals surface area contributed by atoms with Crippen LogP contribution in [0.5, 0.6) is 0 Å². The lowest BCUT2D eigenvalue weighted by Crippen LogP contribution is -2.44. The first kappa shape index (κ1) is 15.0. The van der Waals surface area contributed by atoms with E-state index in [2.05, 4.69) is 23.8 Å². The van der Waals surface area contributed by atoms with Crippen molar-refractivity contribution in [3.05, 3.63) is 0 Å². The summed E-state index contributed by atoms with van der Waals surface area (Å²) in [5.41, 5.74) is 0. The highest BCUT2D eigenvalue weighted by atomic mass is 16.5. The van der Waals surface area contributed by atoms with Crippen molar-refractivity contribution in [3.63, 3.8) is 0 Å². The molecule has 0 aromatic heterocycles. The maximum Gasteiger partial charge on any atom is 0.212 e. The topological polar surface area (TPSA) is 63.4 Å². The minimum atomic E-state index is -0.623. The molecule has 0 saturated carbocycles. The van der Waals surface area contributed by atoms with Gasteiger partial charge < -0.3 is 14.6 Å². The van der Waals surface area contributed by atoms with Crippen LogP contribution in [0.25, 0.3) is 0 Å². The van der Waals surface area contributed by atoms with E-state index in [4.69, 9.17) is 9.47 Å². The molecule has 3 unspecified atom stereocenters. The molecule has 1 aliphatic heterocycles. The van der Waals surface area contributed by atoms with Crippen LogP contribution in [-0.2, 0) is 9.47 Å². The van der Waals surface area contributed by atoms with Crippen LogP contribution < -0.4 is 0 Å². The van der Waals surface area contributed by atoms with Crippen molar-refractivity contribution in [2.45, 2.75) is 45.9 Å². The van der Waals surface area contributed by atoms with E-state index in [-0.39, 0.29) is 17.9 Å². The van der Waals surface area contributed by atoms with Crippen LogP contribution in [0.15, 0.2) is 9.98 Å². The van der Waals surface area contributed by atoms with Gasteiger partial charge in [-0.05, 0) is 11.8 Å². The Morgan fingerprint density at radius 2 is 1.39 bits per heavy atom. The van der Waals surface area contributed by atoms with Gasteiger partial charge in [-0.2, -0.15) is 0 Å². The van der Waals surface area contributed by atoms with Gasteiger partial charge in [0.25, 0.3) is 0 Å². The quantitative estimate of drug-likeness (QED) is 0.832. The van der Waals surface area contributed by atoms with Crippen molar-refractivity contribution < 1.29 is 14.6 Å². The molecule has 0 spiro atoms. The van der Waals surface area contributed by atoms with Crippen LogP contribution in [0.3, 0.4) is 0 Å². The van der Waals surface area contributed by atoms with Gasteiger partial charge in [-0.3, -0.25) is 0 Å². The highest BCUT2D eigenvalue weighted by molar-refractivity contribution is 5.94. The molecule has 5 nitrogen and oxygen atoms in total. The second kappa shape index (κ2) is 6.18. The van der Waals surface area contributed by atoms with Gasteiger partial charge in [-0.1, -0.05) is 27.7 Å². The number of nitrogens with zero attached hydrogens (tertiary/aromatic N) is 2. The summed E-state index contributed by atoms with van der Waals surface area (Å²) in [6.45, 7) is 7.98. The third-order valence-corrected chi connectivity index (χ3v) is 3.09. The average molecular weight is 256 g/mol. The van der Waals surface area contributed by atoms with Gasteiger partial charge in [0.2, 0.25) is 11.8 Å². The van der Waals surface area contributed by atoms with Crippen LogP contribution in [0.4, 0.5) is 0 Å². The largest absolute Gasteiger partial charge is 0.483 e. The minimum Gasteiger partial charge on any atom is -0.483 e. The van der Waals surface area contributed by atoms with Crippen molar-refractivity contribution >= 4 is 11.8 Å². The molecule has 1 aliphatic rings. The number of aliphatic hydroxyl groups excluding tert-OH is 1. The Labute approximate surface area is 109 Å². The third-order valence-electron chi connectivity index (χ3n) is 3.09. The number of ether oxygens (including phenoxy) is 2. The third kappa shape index (κ3) is 3.02. The molecule has 0 aliphatic carbocycles. The average Bonchev–Trinajstić information content (AvgIpc) is 2.35. The van der Waals surface area contributed by atoms with E-state index < -0.39 is 12.1 Å². The van der Waals surface area contributed by atoms with Gasteiger partial charge in [0, 0.05) is 0 Å². The van der Waals surface area contributed by atoms with E-state index in [1.807, 2.05) is 13.8 Å². The summed E-state index contributed by atoms with van der Waals surface area (Å²) in [5.74, 6) is 1.39. The molecule has 3 atom stereocenters. The summed E-state index contributed by atoms with van der Waals surface area (Å²) in [6.07, 6.45) is -0.623. The first-order valence-electron chi connectivity index (χ1n) is 6.33. The van der Waals surface area contributed by atoms with Crippen LogP contribution >= 0.6 is 0 Å². The Hall–Kier alpha value is -1.10. The van der Waals surface area contributed by atoms with Crippen LogP contribution in [0.2, 0.25) is 0 Å². The summed E-state index contributed by atoms with van der Waals surface area (Å²) in [5, 5.41) is 10.2.